The van der Waals surface area contributed by atoms with Crippen molar-refractivity contribution in [1.82, 2.24) is 5.32 Å². The van der Waals surface area contributed by atoms with Crippen molar-refractivity contribution in [3.8, 4) is 0 Å². The highest BCUT2D eigenvalue weighted by Gasteiger charge is 2.14. The minimum absolute atomic E-state index is 0.298. The number of ether oxygens (including phenoxy) is 1. The second kappa shape index (κ2) is 6.53. The minimum Gasteiger partial charge on any atom is -0.377 e. The highest BCUT2D eigenvalue weighted by molar-refractivity contribution is 7.84. The summed E-state index contributed by atoms with van der Waals surface area (Å²) in [4.78, 5) is 0. The van der Waals surface area contributed by atoms with Crippen molar-refractivity contribution in [2.75, 3.05) is 26.0 Å². The predicted octanol–water partition coefficient (Wildman–Crippen LogP) is 0.912. The van der Waals surface area contributed by atoms with Crippen LogP contribution in [0, 0.1) is 0 Å². The Kier molecular flexibility index (Phi) is 5.67. The van der Waals surface area contributed by atoms with Gasteiger partial charge in [0.1, 0.15) is 0 Å². The molecule has 1 aliphatic heterocycles. The van der Waals surface area contributed by atoms with E-state index in [-0.39, 0.29) is 0 Å². The molecule has 1 heterocycles. The van der Waals surface area contributed by atoms with Crippen molar-refractivity contribution >= 4 is 10.8 Å². The number of hydrogen-bond acceptors (Lipinski definition) is 3. The molecule has 1 saturated heterocycles. The quantitative estimate of drug-likeness (QED) is 0.675. The van der Waals surface area contributed by atoms with Crippen LogP contribution in [0.25, 0.3) is 0 Å². The molecule has 3 atom stereocenters. The van der Waals surface area contributed by atoms with Gasteiger partial charge >= 0.3 is 0 Å². The van der Waals surface area contributed by atoms with E-state index in [4.69, 9.17) is 4.74 Å². The van der Waals surface area contributed by atoms with Crippen LogP contribution >= 0.6 is 0 Å². The molecule has 0 amide bonds. The maximum atomic E-state index is 11.1. The van der Waals surface area contributed by atoms with Gasteiger partial charge in [-0.05, 0) is 25.8 Å². The van der Waals surface area contributed by atoms with Gasteiger partial charge in [-0.3, -0.25) is 4.21 Å². The third-order valence-corrected chi connectivity index (χ3v) is 4.06. The Labute approximate surface area is 89.1 Å². The zero-order chi connectivity index (χ0) is 10.4. The molecule has 0 bridgehead atoms. The molecular formula is C10H21NO2S. The normalized spacial score (nSPS) is 26.3. The van der Waals surface area contributed by atoms with Gasteiger partial charge in [0.05, 0.1) is 6.10 Å². The maximum absolute atomic E-state index is 11.1. The lowest BCUT2D eigenvalue weighted by atomic mass is 10.2. The van der Waals surface area contributed by atoms with Crippen molar-refractivity contribution in [1.29, 1.82) is 0 Å². The Bertz CT molecular complexity index is 181. The van der Waals surface area contributed by atoms with Gasteiger partial charge in [-0.25, -0.2) is 0 Å². The summed E-state index contributed by atoms with van der Waals surface area (Å²) < 4.78 is 16.5. The molecule has 1 N–H and O–H groups in total. The summed E-state index contributed by atoms with van der Waals surface area (Å²) in [7, 11) is -0.687. The van der Waals surface area contributed by atoms with E-state index in [1.165, 1.54) is 12.8 Å². The Hall–Kier alpha value is 0.0700. The zero-order valence-corrected chi connectivity index (χ0v) is 9.94. The molecule has 0 saturated carbocycles. The summed E-state index contributed by atoms with van der Waals surface area (Å²) in [6.45, 7) is 4.84. The Balaban J connectivity index is 1.95. The van der Waals surface area contributed by atoms with Crippen LogP contribution < -0.4 is 5.32 Å². The summed E-state index contributed by atoms with van der Waals surface area (Å²) >= 11 is 0. The van der Waals surface area contributed by atoms with E-state index in [0.29, 0.717) is 11.4 Å². The largest absolute Gasteiger partial charge is 0.377 e. The van der Waals surface area contributed by atoms with Crippen LogP contribution in [0.5, 0.6) is 0 Å². The van der Waals surface area contributed by atoms with Crippen LogP contribution in [0.15, 0.2) is 0 Å². The molecule has 0 radical (unpaired) electrons. The number of nitrogens with one attached hydrogen (secondary N) is 1. The Morgan fingerprint density at radius 2 is 2.43 bits per heavy atom. The lowest BCUT2D eigenvalue weighted by Crippen LogP contribution is -2.29. The van der Waals surface area contributed by atoms with E-state index < -0.39 is 10.8 Å². The van der Waals surface area contributed by atoms with Crippen LogP contribution in [0.1, 0.15) is 26.2 Å². The monoisotopic (exact) mass is 219 g/mol. The molecule has 1 rings (SSSR count). The average molecular weight is 219 g/mol. The molecular weight excluding hydrogens is 198 g/mol. The third kappa shape index (κ3) is 4.53. The van der Waals surface area contributed by atoms with Crippen LogP contribution in [-0.4, -0.2) is 41.5 Å². The summed E-state index contributed by atoms with van der Waals surface area (Å²) in [6, 6.07) is 0. The summed E-state index contributed by atoms with van der Waals surface area (Å²) in [5.41, 5.74) is 0. The standard InChI is InChI=1S/C10H21NO2S/c1-9(14(2)12)5-6-11-8-10-4-3-7-13-10/h9-11H,3-8H2,1-2H3. The first-order valence-electron chi connectivity index (χ1n) is 5.34. The molecule has 0 spiro atoms. The van der Waals surface area contributed by atoms with Gasteiger partial charge in [-0.2, -0.15) is 0 Å². The third-order valence-electron chi connectivity index (χ3n) is 2.69. The van der Waals surface area contributed by atoms with E-state index in [2.05, 4.69) is 5.32 Å². The van der Waals surface area contributed by atoms with Crippen LogP contribution in [-0.2, 0) is 15.5 Å². The molecule has 84 valence electrons. The first kappa shape index (κ1) is 12.1. The van der Waals surface area contributed by atoms with Gasteiger partial charge < -0.3 is 10.1 Å². The van der Waals surface area contributed by atoms with Crippen molar-refractivity contribution in [3.05, 3.63) is 0 Å². The summed E-state index contributed by atoms with van der Waals surface area (Å²) in [5, 5.41) is 3.65. The van der Waals surface area contributed by atoms with Crippen molar-refractivity contribution in [2.45, 2.75) is 37.5 Å². The molecule has 3 nitrogen and oxygen atoms in total. The SMILES string of the molecule is CC(CCNCC1CCCO1)S(C)=O. The molecule has 0 aromatic rings. The van der Waals surface area contributed by atoms with Gasteiger partial charge in [0.15, 0.2) is 0 Å². The Morgan fingerprint density at radius 3 is 3.00 bits per heavy atom. The van der Waals surface area contributed by atoms with Crippen molar-refractivity contribution in [2.24, 2.45) is 0 Å². The van der Waals surface area contributed by atoms with E-state index in [1.807, 2.05) is 6.92 Å². The Morgan fingerprint density at radius 1 is 1.64 bits per heavy atom. The van der Waals surface area contributed by atoms with E-state index in [1.54, 1.807) is 6.26 Å². The fraction of sp³-hybridized carbons (Fsp3) is 1.00. The smallest absolute Gasteiger partial charge is 0.0700 e. The van der Waals surface area contributed by atoms with Gasteiger partial charge in [0.2, 0.25) is 0 Å². The number of hydrogen-bond donors (Lipinski definition) is 1. The minimum atomic E-state index is -0.687. The van der Waals surface area contributed by atoms with Crippen molar-refractivity contribution in [3.63, 3.8) is 0 Å². The summed E-state index contributed by atoms with van der Waals surface area (Å²) in [5.74, 6) is 0. The van der Waals surface area contributed by atoms with Crippen LogP contribution in [0.4, 0.5) is 0 Å². The zero-order valence-electron chi connectivity index (χ0n) is 9.12. The van der Waals surface area contributed by atoms with Crippen molar-refractivity contribution < 1.29 is 8.95 Å². The second-order valence-corrected chi connectivity index (χ2v) is 5.74. The molecule has 4 heteroatoms. The highest BCUT2D eigenvalue weighted by Crippen LogP contribution is 2.10. The highest BCUT2D eigenvalue weighted by atomic mass is 32.2. The topological polar surface area (TPSA) is 38.3 Å². The molecule has 0 aromatic heterocycles. The van der Waals surface area contributed by atoms with Crippen LogP contribution in [0.2, 0.25) is 0 Å². The fourth-order valence-corrected chi connectivity index (χ4v) is 1.99. The lowest BCUT2D eigenvalue weighted by Gasteiger charge is -2.12. The lowest BCUT2D eigenvalue weighted by molar-refractivity contribution is 0.110. The fourth-order valence-electron chi connectivity index (χ4n) is 1.54. The second-order valence-electron chi connectivity index (χ2n) is 3.94. The van der Waals surface area contributed by atoms with Gasteiger partial charge in [0, 0.05) is 35.5 Å². The molecule has 1 fully saturated rings. The molecule has 1 aliphatic rings. The van der Waals surface area contributed by atoms with E-state index in [9.17, 15) is 4.21 Å². The molecule has 3 unspecified atom stereocenters. The van der Waals surface area contributed by atoms with Crippen LogP contribution in [0.3, 0.4) is 0 Å². The first-order chi connectivity index (χ1) is 6.70. The summed E-state index contributed by atoms with van der Waals surface area (Å²) in [6.07, 6.45) is 5.54. The van der Waals surface area contributed by atoms with Gasteiger partial charge in [-0.15, -0.1) is 0 Å². The maximum Gasteiger partial charge on any atom is 0.0700 e. The van der Waals surface area contributed by atoms with E-state index >= 15 is 0 Å². The molecule has 0 aromatic carbocycles. The first-order valence-corrected chi connectivity index (χ1v) is 6.97. The molecule has 0 aliphatic carbocycles. The number of rotatable bonds is 6. The van der Waals surface area contributed by atoms with Gasteiger partial charge in [0.25, 0.3) is 0 Å². The predicted molar refractivity (Wildman–Crippen MR) is 60.0 cm³/mol. The van der Waals surface area contributed by atoms with E-state index in [0.717, 1.165) is 26.1 Å². The average Bonchev–Trinajstić information content (AvgIpc) is 2.64. The van der Waals surface area contributed by atoms with Gasteiger partial charge in [-0.1, -0.05) is 6.92 Å². The molecule has 14 heavy (non-hydrogen) atoms.